The molecule has 0 aliphatic heterocycles. The summed E-state index contributed by atoms with van der Waals surface area (Å²) in [5.74, 6) is -4.02. The Balaban J connectivity index is 2.32. The number of methoxy groups -OCH3 is 1. The smallest absolute Gasteiger partial charge is 0.333 e. The van der Waals surface area contributed by atoms with E-state index in [1.807, 2.05) is 0 Å². The maximum absolute atomic E-state index is 14.4. The SMILES string of the molecule is COC(=O)/C(=C/c1ccc(C=O)cc1)CC(F)(F)c1ccccc1. The van der Waals surface area contributed by atoms with E-state index in [0.29, 0.717) is 17.4 Å². The molecule has 24 heavy (non-hydrogen) atoms. The molecule has 0 aromatic heterocycles. The summed E-state index contributed by atoms with van der Waals surface area (Å²) >= 11 is 0. The van der Waals surface area contributed by atoms with Gasteiger partial charge in [-0.25, -0.2) is 13.6 Å². The van der Waals surface area contributed by atoms with Crippen molar-refractivity contribution < 1.29 is 23.1 Å². The number of carbonyl (C=O) groups is 2. The lowest BCUT2D eigenvalue weighted by molar-refractivity contribution is -0.137. The minimum Gasteiger partial charge on any atom is -0.466 e. The van der Waals surface area contributed by atoms with Crippen molar-refractivity contribution in [3.63, 3.8) is 0 Å². The number of ether oxygens (including phenoxy) is 1. The van der Waals surface area contributed by atoms with Crippen LogP contribution in [0.4, 0.5) is 8.78 Å². The molecule has 0 amide bonds. The lowest BCUT2D eigenvalue weighted by Crippen LogP contribution is -2.18. The molecule has 0 saturated heterocycles. The van der Waals surface area contributed by atoms with Gasteiger partial charge in [-0.1, -0.05) is 54.6 Å². The first-order valence-corrected chi connectivity index (χ1v) is 7.24. The molecule has 2 aromatic rings. The quantitative estimate of drug-likeness (QED) is 0.452. The third kappa shape index (κ3) is 4.35. The van der Waals surface area contributed by atoms with Crippen molar-refractivity contribution in [3.8, 4) is 0 Å². The molecule has 0 radical (unpaired) electrons. The van der Waals surface area contributed by atoms with Gasteiger partial charge in [0.1, 0.15) is 6.29 Å². The number of aldehydes is 1. The summed E-state index contributed by atoms with van der Waals surface area (Å²) in [5, 5.41) is 0. The fourth-order valence-corrected chi connectivity index (χ4v) is 2.21. The van der Waals surface area contributed by atoms with Crippen molar-refractivity contribution in [3.05, 3.63) is 76.9 Å². The number of alkyl halides is 2. The summed E-state index contributed by atoms with van der Waals surface area (Å²) in [7, 11) is 1.15. The molecule has 124 valence electrons. The van der Waals surface area contributed by atoms with Gasteiger partial charge in [-0.2, -0.15) is 0 Å². The Bertz CT molecular complexity index is 735. The fourth-order valence-electron chi connectivity index (χ4n) is 2.21. The third-order valence-electron chi connectivity index (χ3n) is 3.47. The lowest BCUT2D eigenvalue weighted by atomic mass is 9.98. The molecule has 0 atom stereocenters. The predicted molar refractivity (Wildman–Crippen MR) is 86.8 cm³/mol. The molecule has 0 saturated carbocycles. The van der Waals surface area contributed by atoms with Crippen LogP contribution in [0.15, 0.2) is 60.2 Å². The third-order valence-corrected chi connectivity index (χ3v) is 3.47. The van der Waals surface area contributed by atoms with E-state index >= 15 is 0 Å². The van der Waals surface area contributed by atoms with E-state index in [1.54, 1.807) is 30.3 Å². The molecular formula is C19H16F2O3. The van der Waals surface area contributed by atoms with Gasteiger partial charge in [0.05, 0.1) is 7.11 Å². The van der Waals surface area contributed by atoms with Gasteiger partial charge in [0, 0.05) is 23.1 Å². The van der Waals surface area contributed by atoms with Crippen molar-refractivity contribution in [2.24, 2.45) is 0 Å². The van der Waals surface area contributed by atoms with Crippen LogP contribution in [0.5, 0.6) is 0 Å². The summed E-state index contributed by atoms with van der Waals surface area (Å²) in [4.78, 5) is 22.5. The van der Waals surface area contributed by atoms with Gasteiger partial charge < -0.3 is 4.74 Å². The second kappa shape index (κ2) is 7.64. The van der Waals surface area contributed by atoms with E-state index in [2.05, 4.69) is 4.74 Å². The van der Waals surface area contributed by atoms with E-state index in [9.17, 15) is 18.4 Å². The van der Waals surface area contributed by atoms with E-state index in [0.717, 1.165) is 7.11 Å². The van der Waals surface area contributed by atoms with Gasteiger partial charge in [0.2, 0.25) is 0 Å². The largest absolute Gasteiger partial charge is 0.466 e. The number of esters is 1. The van der Waals surface area contributed by atoms with Crippen LogP contribution in [0.2, 0.25) is 0 Å². The van der Waals surface area contributed by atoms with Gasteiger partial charge in [-0.3, -0.25) is 4.79 Å². The summed E-state index contributed by atoms with van der Waals surface area (Å²) in [6.45, 7) is 0. The maximum Gasteiger partial charge on any atom is 0.333 e. The second-order valence-electron chi connectivity index (χ2n) is 5.19. The summed E-state index contributed by atoms with van der Waals surface area (Å²) in [6.07, 6.45) is 1.24. The minimum atomic E-state index is -3.20. The van der Waals surface area contributed by atoms with Crippen LogP contribution >= 0.6 is 0 Å². The Labute approximate surface area is 138 Å². The van der Waals surface area contributed by atoms with Crippen molar-refractivity contribution in [2.75, 3.05) is 7.11 Å². The molecule has 2 rings (SSSR count). The monoisotopic (exact) mass is 330 g/mol. The fraction of sp³-hybridized carbons (Fsp3) is 0.158. The van der Waals surface area contributed by atoms with Gasteiger partial charge in [0.15, 0.2) is 0 Å². The van der Waals surface area contributed by atoms with Crippen LogP contribution in [-0.2, 0) is 15.5 Å². The molecule has 0 spiro atoms. The van der Waals surface area contributed by atoms with Crippen LogP contribution < -0.4 is 0 Å². The van der Waals surface area contributed by atoms with Gasteiger partial charge in [0.25, 0.3) is 5.92 Å². The highest BCUT2D eigenvalue weighted by atomic mass is 19.3. The molecule has 0 fully saturated rings. The number of hydrogen-bond donors (Lipinski definition) is 0. The highest BCUT2D eigenvalue weighted by Crippen LogP contribution is 2.35. The van der Waals surface area contributed by atoms with E-state index in [4.69, 9.17) is 0 Å². The first-order valence-electron chi connectivity index (χ1n) is 7.24. The molecule has 3 nitrogen and oxygen atoms in total. The van der Waals surface area contributed by atoms with Gasteiger partial charge in [-0.05, 0) is 11.6 Å². The van der Waals surface area contributed by atoms with Gasteiger partial charge in [-0.15, -0.1) is 0 Å². The summed E-state index contributed by atoms with van der Waals surface area (Å²) in [6, 6.07) is 13.5. The first-order chi connectivity index (χ1) is 11.5. The average molecular weight is 330 g/mol. The lowest BCUT2D eigenvalue weighted by Gasteiger charge is -2.18. The van der Waals surface area contributed by atoms with Crippen LogP contribution in [0.3, 0.4) is 0 Å². The zero-order valence-corrected chi connectivity index (χ0v) is 13.0. The molecule has 2 aromatic carbocycles. The Morgan fingerprint density at radius 2 is 1.62 bits per heavy atom. The Morgan fingerprint density at radius 1 is 1.04 bits per heavy atom. The van der Waals surface area contributed by atoms with Gasteiger partial charge >= 0.3 is 5.97 Å². The van der Waals surface area contributed by atoms with Crippen molar-refractivity contribution in [1.29, 1.82) is 0 Å². The van der Waals surface area contributed by atoms with Crippen molar-refractivity contribution in [2.45, 2.75) is 12.3 Å². The second-order valence-corrected chi connectivity index (χ2v) is 5.19. The zero-order chi connectivity index (χ0) is 17.6. The molecular weight excluding hydrogens is 314 g/mol. The van der Waals surface area contributed by atoms with E-state index in [-0.39, 0.29) is 11.1 Å². The van der Waals surface area contributed by atoms with Crippen LogP contribution in [0, 0.1) is 0 Å². The summed E-state index contributed by atoms with van der Waals surface area (Å²) < 4.78 is 33.5. The van der Waals surface area contributed by atoms with Crippen LogP contribution in [-0.4, -0.2) is 19.4 Å². The number of halogens is 2. The first kappa shape index (κ1) is 17.5. The van der Waals surface area contributed by atoms with Crippen LogP contribution in [0.1, 0.15) is 27.9 Å². The standard InChI is InChI=1S/C19H16F2O3/c1-24-18(23)16(11-14-7-9-15(13-22)10-8-14)12-19(20,21)17-5-3-2-4-6-17/h2-11,13H,12H2,1H3/b16-11+. The molecule has 0 aliphatic rings. The highest BCUT2D eigenvalue weighted by Gasteiger charge is 2.34. The minimum absolute atomic E-state index is 0.148. The molecule has 0 N–H and O–H groups in total. The number of carbonyl (C=O) groups excluding carboxylic acids is 2. The van der Waals surface area contributed by atoms with E-state index in [1.165, 1.54) is 30.3 Å². The molecule has 0 bridgehead atoms. The van der Waals surface area contributed by atoms with E-state index < -0.39 is 18.3 Å². The predicted octanol–water partition coefficient (Wildman–Crippen LogP) is 4.24. The Kier molecular flexibility index (Phi) is 5.58. The average Bonchev–Trinajstić information content (AvgIpc) is 2.61. The Morgan fingerprint density at radius 3 is 2.17 bits per heavy atom. The molecule has 0 aliphatic carbocycles. The van der Waals surface area contributed by atoms with Crippen molar-refractivity contribution in [1.82, 2.24) is 0 Å². The maximum atomic E-state index is 14.4. The number of hydrogen-bond acceptors (Lipinski definition) is 3. The molecule has 0 heterocycles. The normalized spacial score (nSPS) is 11.9. The van der Waals surface area contributed by atoms with Crippen LogP contribution in [0.25, 0.3) is 6.08 Å². The molecule has 5 heteroatoms. The zero-order valence-electron chi connectivity index (χ0n) is 13.0. The topological polar surface area (TPSA) is 43.4 Å². The number of rotatable bonds is 6. The summed E-state index contributed by atoms with van der Waals surface area (Å²) in [5.41, 5.74) is 0.674. The number of benzene rings is 2. The molecule has 0 unspecified atom stereocenters. The Hall–Kier alpha value is -2.82. The van der Waals surface area contributed by atoms with Crippen molar-refractivity contribution >= 4 is 18.3 Å². The highest BCUT2D eigenvalue weighted by molar-refractivity contribution is 5.93.